The molecule has 0 saturated carbocycles. The van der Waals surface area contributed by atoms with Crippen LogP contribution in [0.3, 0.4) is 0 Å². The largest absolute Gasteiger partial charge is 0.0619 e. The molecule has 6 heteroatoms. The van der Waals surface area contributed by atoms with Crippen LogP contribution in [-0.2, 0) is 44.1 Å². The summed E-state index contributed by atoms with van der Waals surface area (Å²) in [7, 11) is 11.5. The van der Waals surface area contributed by atoms with Gasteiger partial charge in [0, 0.05) is 11.8 Å². The number of halogens is 4. The average Bonchev–Trinajstić information content (AvgIpc) is 3.93. The Morgan fingerprint density at radius 3 is 0.980 bits per heavy atom. The van der Waals surface area contributed by atoms with E-state index in [4.69, 9.17) is 17.0 Å². The minimum atomic E-state index is -1.96. The number of rotatable bonds is 2. The summed E-state index contributed by atoms with van der Waals surface area (Å²) in [4.78, 5) is 0. The van der Waals surface area contributed by atoms with E-state index in [0.717, 1.165) is 6.42 Å². The molecular weight excluding hydrogens is 853 g/mol. The first-order chi connectivity index (χ1) is 23.6. The second-order valence-corrected chi connectivity index (χ2v) is 22.4. The van der Waals surface area contributed by atoms with Crippen molar-refractivity contribution in [2.24, 2.45) is 0 Å². The summed E-state index contributed by atoms with van der Waals surface area (Å²) in [6, 6.07) is 53.3. The molecule has 50 heavy (non-hydrogen) atoms. The fraction of sp³-hybridized carbons (Fsp3) is 0.0909. The summed E-state index contributed by atoms with van der Waals surface area (Å²) < 4.78 is 1.94. The average molecular weight is 885 g/mol. The molecule has 0 amide bonds. The van der Waals surface area contributed by atoms with Crippen molar-refractivity contribution in [2.75, 3.05) is 0 Å². The van der Waals surface area contributed by atoms with Gasteiger partial charge < -0.3 is 24.8 Å². The Balaban J connectivity index is 0.000000151. The van der Waals surface area contributed by atoms with Crippen molar-refractivity contribution < 1.29 is 68.9 Å². The SMILES string of the molecule is [Cl-].[Cl-].[Cl][Zr]([Cl])[C]1=CC=CC1.[Zr+2][CH]1c2ccccc2-c2ccccc21.c1ccc2c(c1)-c1ccccc1C2C1c2ccccc2-c2ccccc21. The molecule has 0 aliphatic heterocycles. The van der Waals surface area contributed by atoms with Crippen LogP contribution in [0.2, 0.25) is 0 Å². The maximum absolute atomic E-state index is 5.74. The van der Waals surface area contributed by atoms with Crippen molar-refractivity contribution in [3.63, 3.8) is 0 Å². The van der Waals surface area contributed by atoms with Crippen LogP contribution >= 0.6 is 17.0 Å². The first-order valence-electron chi connectivity index (χ1n) is 16.4. The molecule has 4 aliphatic carbocycles. The minimum Gasteiger partial charge on any atom is -0.0619 e. The molecule has 0 spiro atoms. The van der Waals surface area contributed by atoms with Gasteiger partial charge in [-0.15, -0.1) is 0 Å². The Bertz CT molecular complexity index is 1980. The summed E-state index contributed by atoms with van der Waals surface area (Å²) in [6.45, 7) is 0. The van der Waals surface area contributed by atoms with Crippen molar-refractivity contribution in [3.8, 4) is 33.4 Å². The van der Waals surface area contributed by atoms with Gasteiger partial charge in [0.05, 0.1) is 0 Å². The van der Waals surface area contributed by atoms with E-state index in [1.54, 1.807) is 24.7 Å². The molecule has 0 atom stereocenters. The van der Waals surface area contributed by atoms with E-state index in [9.17, 15) is 0 Å². The van der Waals surface area contributed by atoms with Gasteiger partial charge in [0.2, 0.25) is 0 Å². The van der Waals surface area contributed by atoms with E-state index in [0.29, 0.717) is 15.5 Å². The Morgan fingerprint density at radius 1 is 0.440 bits per heavy atom. The van der Waals surface area contributed by atoms with Crippen LogP contribution in [0.4, 0.5) is 0 Å². The predicted molar refractivity (Wildman–Crippen MR) is 195 cm³/mol. The van der Waals surface area contributed by atoms with Gasteiger partial charge in [0.15, 0.2) is 0 Å². The second kappa shape index (κ2) is 16.6. The molecule has 10 rings (SSSR count). The smallest absolute Gasteiger partial charge is 0.0211 e. The van der Waals surface area contributed by atoms with Crippen LogP contribution in [0.1, 0.15) is 55.3 Å². The third-order valence-electron chi connectivity index (χ3n) is 9.94. The van der Waals surface area contributed by atoms with E-state index >= 15 is 0 Å². The third kappa shape index (κ3) is 6.95. The van der Waals surface area contributed by atoms with Gasteiger partial charge in [0.25, 0.3) is 0 Å². The monoisotopic (exact) mass is 880 g/mol. The fourth-order valence-electron chi connectivity index (χ4n) is 7.85. The van der Waals surface area contributed by atoms with Crippen molar-refractivity contribution in [1.82, 2.24) is 0 Å². The summed E-state index contributed by atoms with van der Waals surface area (Å²) in [6.07, 6.45) is 7.14. The molecule has 0 saturated heterocycles. The first kappa shape index (κ1) is 37.5. The molecule has 0 unspecified atom stereocenters. The Hall–Kier alpha value is -2.27. The van der Waals surface area contributed by atoms with Crippen LogP contribution in [0.15, 0.2) is 167 Å². The zero-order valence-electron chi connectivity index (χ0n) is 27.0. The summed E-state index contributed by atoms with van der Waals surface area (Å²) in [5.74, 6) is 0.763. The van der Waals surface area contributed by atoms with Crippen molar-refractivity contribution in [2.45, 2.75) is 21.9 Å². The van der Waals surface area contributed by atoms with Gasteiger partial charge in [-0.3, -0.25) is 0 Å². The topological polar surface area (TPSA) is 0 Å². The number of hydrogen-bond donors (Lipinski definition) is 0. The quantitative estimate of drug-likeness (QED) is 0.182. The molecule has 0 radical (unpaired) electrons. The zero-order chi connectivity index (χ0) is 32.6. The summed E-state index contributed by atoms with van der Waals surface area (Å²) >= 11 is -0.380. The van der Waals surface area contributed by atoms with Gasteiger partial charge in [-0.1, -0.05) is 97.1 Å². The Kier molecular flexibility index (Phi) is 12.4. The van der Waals surface area contributed by atoms with Crippen LogP contribution in [0, 0.1) is 0 Å². The molecule has 0 bridgehead atoms. The van der Waals surface area contributed by atoms with Crippen molar-refractivity contribution in [3.05, 3.63) is 200 Å². The van der Waals surface area contributed by atoms with Gasteiger partial charge >= 0.3 is 163 Å². The van der Waals surface area contributed by atoms with Crippen molar-refractivity contribution >= 4 is 17.0 Å². The van der Waals surface area contributed by atoms with Crippen LogP contribution < -0.4 is 24.8 Å². The van der Waals surface area contributed by atoms with Crippen molar-refractivity contribution in [1.29, 1.82) is 0 Å². The van der Waals surface area contributed by atoms with Gasteiger partial charge in [-0.05, 0) is 44.5 Å². The van der Waals surface area contributed by atoms with E-state index < -0.39 is 19.4 Å². The standard InChI is InChI=1S/C26H18.C13H9.C5H5.4ClH.2Zr/c1-5-13-21-17(9-1)18-10-2-6-14-22(18)25(21)26-23-15-7-3-11-19(23)20-12-4-8-16-24(20)26;1-3-7-12-10(5-1)9-11-6-2-4-8-13(11)12;1-2-4-5-3-1;;;;;;/h1-16,25-26H;1-9H;1-3H,4H2;4*1H;;/q;;;;;;;2*+2/p-4. The van der Waals surface area contributed by atoms with E-state index in [-0.39, 0.29) is 24.8 Å². The molecular formula is C44H32Cl4Zr2. The minimum absolute atomic E-state index is 0. The normalized spacial score (nSPS) is 14.1. The molecule has 0 fully saturated rings. The Morgan fingerprint density at radius 2 is 0.720 bits per heavy atom. The second-order valence-electron chi connectivity index (χ2n) is 12.5. The molecule has 244 valence electrons. The van der Waals surface area contributed by atoms with E-state index in [2.05, 4.69) is 152 Å². The van der Waals surface area contributed by atoms with Crippen LogP contribution in [-0.4, -0.2) is 0 Å². The molecule has 4 aliphatic rings. The molecule has 0 nitrogen and oxygen atoms in total. The molecule has 6 aromatic rings. The molecule has 0 heterocycles. The summed E-state index contributed by atoms with van der Waals surface area (Å²) in [5, 5.41) is 0. The first-order valence-corrected chi connectivity index (χ1v) is 25.4. The molecule has 6 aromatic carbocycles. The maximum atomic E-state index is 5.74. The number of benzene rings is 6. The van der Waals surface area contributed by atoms with Gasteiger partial charge in [0.1, 0.15) is 0 Å². The predicted octanol–water partition coefficient (Wildman–Crippen LogP) is 6.68. The number of fused-ring (bicyclic) bond motifs is 9. The van der Waals surface area contributed by atoms with Gasteiger partial charge in [-0.2, -0.15) is 0 Å². The third-order valence-corrected chi connectivity index (χ3v) is 16.5. The maximum Gasteiger partial charge on any atom is 0.0211 e. The van der Waals surface area contributed by atoms with E-state index in [1.165, 1.54) is 70.0 Å². The van der Waals surface area contributed by atoms with Gasteiger partial charge in [-0.25, -0.2) is 0 Å². The Labute approximate surface area is 338 Å². The van der Waals surface area contributed by atoms with E-state index in [1.807, 2.05) is 12.2 Å². The molecule has 0 aromatic heterocycles. The zero-order valence-corrected chi connectivity index (χ0v) is 35.0. The fourth-order valence-corrected chi connectivity index (χ4v) is 12.0. The number of allylic oxidation sites excluding steroid dienone is 4. The molecule has 0 N–H and O–H groups in total. The van der Waals surface area contributed by atoms with Crippen LogP contribution in [0.25, 0.3) is 33.4 Å². The number of hydrogen-bond acceptors (Lipinski definition) is 0. The summed E-state index contributed by atoms with van der Waals surface area (Å²) in [5.41, 5.74) is 17.3. The van der Waals surface area contributed by atoms with Crippen LogP contribution in [0.5, 0.6) is 0 Å².